The third-order valence-corrected chi connectivity index (χ3v) is 2.35. The number of nitrogens with one attached hydrogen (secondary N) is 1. The molecule has 0 heterocycles. The molecule has 0 aromatic rings. The minimum Gasteiger partial charge on any atom is -0.377 e. The SMILES string of the molecule is CNC(=O)C(C)(O)C(C)(C)OC. The Kier molecular flexibility index (Phi) is 3.24. The van der Waals surface area contributed by atoms with Gasteiger partial charge in [-0.05, 0) is 20.8 Å². The summed E-state index contributed by atoms with van der Waals surface area (Å²) < 4.78 is 5.01. The van der Waals surface area contributed by atoms with Crippen molar-refractivity contribution in [1.29, 1.82) is 0 Å². The maximum atomic E-state index is 11.2. The maximum absolute atomic E-state index is 11.2. The highest BCUT2D eigenvalue weighted by atomic mass is 16.5. The Bertz CT molecular complexity index is 175. The number of ether oxygens (including phenoxy) is 1. The van der Waals surface area contributed by atoms with E-state index in [2.05, 4.69) is 5.32 Å². The smallest absolute Gasteiger partial charge is 0.254 e. The molecule has 0 aliphatic heterocycles. The van der Waals surface area contributed by atoms with Crippen LogP contribution in [0.4, 0.5) is 0 Å². The molecule has 0 radical (unpaired) electrons. The molecule has 4 heteroatoms. The number of carbonyl (C=O) groups excluding carboxylic acids is 1. The van der Waals surface area contributed by atoms with E-state index in [0.717, 1.165) is 0 Å². The first-order valence-electron chi connectivity index (χ1n) is 3.79. The van der Waals surface area contributed by atoms with Crippen molar-refractivity contribution in [3.8, 4) is 0 Å². The Morgan fingerprint density at radius 3 is 2.08 bits per heavy atom. The Morgan fingerprint density at radius 2 is 1.83 bits per heavy atom. The van der Waals surface area contributed by atoms with Crippen molar-refractivity contribution in [2.45, 2.75) is 32.0 Å². The molecule has 0 aromatic heterocycles. The van der Waals surface area contributed by atoms with Crippen molar-refractivity contribution in [3.63, 3.8) is 0 Å². The molecular weight excluding hydrogens is 158 g/mol. The van der Waals surface area contributed by atoms with Gasteiger partial charge in [-0.3, -0.25) is 4.79 Å². The summed E-state index contributed by atoms with van der Waals surface area (Å²) in [6, 6.07) is 0. The number of hydrogen-bond acceptors (Lipinski definition) is 3. The third kappa shape index (κ3) is 1.76. The lowest BCUT2D eigenvalue weighted by Gasteiger charge is -2.36. The molecule has 12 heavy (non-hydrogen) atoms. The number of methoxy groups -OCH3 is 1. The van der Waals surface area contributed by atoms with Crippen LogP contribution in [0.2, 0.25) is 0 Å². The second kappa shape index (κ2) is 3.41. The molecule has 4 nitrogen and oxygen atoms in total. The van der Waals surface area contributed by atoms with Gasteiger partial charge in [0.15, 0.2) is 5.60 Å². The van der Waals surface area contributed by atoms with E-state index in [0.29, 0.717) is 0 Å². The highest BCUT2D eigenvalue weighted by molar-refractivity contribution is 5.85. The van der Waals surface area contributed by atoms with E-state index in [9.17, 15) is 9.90 Å². The fourth-order valence-electron chi connectivity index (χ4n) is 0.716. The van der Waals surface area contributed by atoms with Crippen molar-refractivity contribution < 1.29 is 14.6 Å². The highest BCUT2D eigenvalue weighted by Crippen LogP contribution is 2.24. The molecule has 0 saturated carbocycles. The van der Waals surface area contributed by atoms with Crippen molar-refractivity contribution in [1.82, 2.24) is 5.32 Å². The third-order valence-electron chi connectivity index (χ3n) is 2.35. The predicted octanol–water partition coefficient (Wildman–Crippen LogP) is -0.0916. The largest absolute Gasteiger partial charge is 0.377 e. The van der Waals surface area contributed by atoms with E-state index in [1.54, 1.807) is 13.8 Å². The monoisotopic (exact) mass is 175 g/mol. The van der Waals surface area contributed by atoms with Gasteiger partial charge in [-0.15, -0.1) is 0 Å². The number of rotatable bonds is 3. The number of carbonyl (C=O) groups is 1. The summed E-state index contributed by atoms with van der Waals surface area (Å²) in [6.07, 6.45) is 0. The molecule has 0 aliphatic rings. The van der Waals surface area contributed by atoms with Crippen LogP contribution in [0.25, 0.3) is 0 Å². The number of amides is 1. The predicted molar refractivity (Wildman–Crippen MR) is 45.8 cm³/mol. The topological polar surface area (TPSA) is 58.6 Å². The summed E-state index contributed by atoms with van der Waals surface area (Å²) in [6.45, 7) is 4.74. The van der Waals surface area contributed by atoms with E-state index >= 15 is 0 Å². The average Bonchev–Trinajstić information content (AvgIpc) is 2.02. The normalized spacial score (nSPS) is 16.8. The number of likely N-dealkylation sites (N-methyl/N-ethyl adjacent to an activating group) is 1. The fraction of sp³-hybridized carbons (Fsp3) is 0.875. The summed E-state index contributed by atoms with van der Waals surface area (Å²) >= 11 is 0. The van der Waals surface area contributed by atoms with Gasteiger partial charge in [-0.2, -0.15) is 0 Å². The first-order chi connectivity index (χ1) is 5.29. The van der Waals surface area contributed by atoms with Crippen LogP contribution in [0.3, 0.4) is 0 Å². The zero-order valence-corrected chi connectivity index (χ0v) is 8.26. The highest BCUT2D eigenvalue weighted by Gasteiger charge is 2.45. The molecule has 0 aliphatic carbocycles. The maximum Gasteiger partial charge on any atom is 0.254 e. The summed E-state index contributed by atoms with van der Waals surface area (Å²) in [5.41, 5.74) is -2.41. The first-order valence-corrected chi connectivity index (χ1v) is 3.79. The van der Waals surface area contributed by atoms with Gasteiger partial charge < -0.3 is 15.2 Å². The molecule has 72 valence electrons. The zero-order valence-electron chi connectivity index (χ0n) is 8.26. The van der Waals surface area contributed by atoms with Crippen LogP contribution >= 0.6 is 0 Å². The van der Waals surface area contributed by atoms with Gasteiger partial charge in [-0.25, -0.2) is 0 Å². The van der Waals surface area contributed by atoms with Crippen LogP contribution in [0, 0.1) is 0 Å². The summed E-state index contributed by atoms with van der Waals surface area (Å²) in [4.78, 5) is 11.2. The van der Waals surface area contributed by atoms with E-state index in [1.165, 1.54) is 21.1 Å². The Morgan fingerprint density at radius 1 is 1.42 bits per heavy atom. The van der Waals surface area contributed by atoms with E-state index in [-0.39, 0.29) is 0 Å². The van der Waals surface area contributed by atoms with Crippen LogP contribution in [0.1, 0.15) is 20.8 Å². The van der Waals surface area contributed by atoms with Crippen LogP contribution in [0.15, 0.2) is 0 Å². The van der Waals surface area contributed by atoms with E-state index in [1.807, 2.05) is 0 Å². The molecule has 0 saturated heterocycles. The number of hydrogen-bond donors (Lipinski definition) is 2. The van der Waals surface area contributed by atoms with Crippen molar-refractivity contribution >= 4 is 5.91 Å². The number of aliphatic hydroxyl groups is 1. The van der Waals surface area contributed by atoms with Crippen LogP contribution in [0.5, 0.6) is 0 Å². The standard InChI is InChI=1S/C8H17NO3/c1-7(2,12-5)8(3,11)6(10)9-4/h11H,1-5H3,(H,9,10). The van der Waals surface area contributed by atoms with E-state index < -0.39 is 17.1 Å². The minimum atomic E-state index is -1.52. The van der Waals surface area contributed by atoms with Crippen LogP contribution in [-0.2, 0) is 9.53 Å². The molecular formula is C8H17NO3. The van der Waals surface area contributed by atoms with E-state index in [4.69, 9.17) is 4.74 Å². The minimum absolute atomic E-state index is 0.450. The van der Waals surface area contributed by atoms with Gasteiger partial charge in [0.05, 0.1) is 5.60 Å². The molecule has 1 unspecified atom stereocenters. The molecule has 0 spiro atoms. The van der Waals surface area contributed by atoms with Crippen molar-refractivity contribution in [2.24, 2.45) is 0 Å². The summed E-state index contributed by atoms with van der Waals surface area (Å²) in [7, 11) is 2.93. The molecule has 0 fully saturated rings. The second-order valence-electron chi connectivity index (χ2n) is 3.37. The van der Waals surface area contributed by atoms with Gasteiger partial charge in [-0.1, -0.05) is 0 Å². The molecule has 0 rings (SSSR count). The lowest BCUT2D eigenvalue weighted by Crippen LogP contribution is -2.58. The molecule has 1 amide bonds. The Hall–Kier alpha value is -0.610. The van der Waals surface area contributed by atoms with Crippen molar-refractivity contribution in [3.05, 3.63) is 0 Å². The van der Waals surface area contributed by atoms with Gasteiger partial charge in [0.2, 0.25) is 0 Å². The second-order valence-corrected chi connectivity index (χ2v) is 3.37. The lowest BCUT2D eigenvalue weighted by atomic mass is 9.86. The quantitative estimate of drug-likeness (QED) is 0.630. The summed E-state index contributed by atoms with van der Waals surface area (Å²) in [5, 5.41) is 12.2. The lowest BCUT2D eigenvalue weighted by molar-refractivity contribution is -0.169. The zero-order chi connectivity index (χ0) is 9.99. The van der Waals surface area contributed by atoms with Gasteiger partial charge in [0, 0.05) is 14.2 Å². The fourth-order valence-corrected chi connectivity index (χ4v) is 0.716. The Balaban J connectivity index is 4.71. The van der Waals surface area contributed by atoms with Crippen LogP contribution < -0.4 is 5.32 Å². The average molecular weight is 175 g/mol. The molecule has 0 aromatic carbocycles. The van der Waals surface area contributed by atoms with Gasteiger partial charge in [0.1, 0.15) is 0 Å². The summed E-state index contributed by atoms with van der Waals surface area (Å²) in [5.74, 6) is -0.450. The van der Waals surface area contributed by atoms with Crippen molar-refractivity contribution in [2.75, 3.05) is 14.2 Å². The Labute approximate surface area is 72.9 Å². The molecule has 0 bridgehead atoms. The van der Waals surface area contributed by atoms with Gasteiger partial charge >= 0.3 is 0 Å². The molecule has 1 atom stereocenters. The molecule has 2 N–H and O–H groups in total. The van der Waals surface area contributed by atoms with Gasteiger partial charge in [0.25, 0.3) is 5.91 Å². The van der Waals surface area contributed by atoms with Crippen LogP contribution in [-0.4, -0.2) is 36.4 Å². The first kappa shape index (κ1) is 11.4.